The number of fused-ring (bicyclic) bond motifs is 1. The van der Waals surface area contributed by atoms with Gasteiger partial charge in [0.05, 0.1) is 11.6 Å². The maximum Gasteiger partial charge on any atom is 0.231 e. The topological polar surface area (TPSA) is 65.7 Å². The Morgan fingerprint density at radius 3 is 3.05 bits per heavy atom. The molecule has 0 saturated heterocycles. The van der Waals surface area contributed by atoms with Crippen molar-refractivity contribution in [2.24, 2.45) is 0 Å². The van der Waals surface area contributed by atoms with Crippen molar-refractivity contribution in [1.82, 2.24) is 24.7 Å². The second kappa shape index (κ2) is 6.09. The van der Waals surface area contributed by atoms with Crippen molar-refractivity contribution in [3.63, 3.8) is 0 Å². The van der Waals surface area contributed by atoms with Gasteiger partial charge in [-0.05, 0) is 40.5 Å². The van der Waals surface area contributed by atoms with Gasteiger partial charge in [-0.1, -0.05) is 6.42 Å². The Morgan fingerprint density at radius 1 is 1.30 bits per heavy atom. The summed E-state index contributed by atoms with van der Waals surface area (Å²) in [5.74, 6) is 1.59. The molecule has 8 heteroatoms. The number of halogens is 1. The number of hydrogen-bond acceptors (Lipinski definition) is 6. The number of aryl methyl sites for hydroxylation is 1. The second-order valence-electron chi connectivity index (χ2n) is 4.47. The van der Waals surface area contributed by atoms with E-state index in [2.05, 4.69) is 40.7 Å². The second-order valence-corrected chi connectivity index (χ2v) is 6.26. The predicted octanol–water partition coefficient (Wildman–Crippen LogP) is 2.72. The highest BCUT2D eigenvalue weighted by Gasteiger charge is 2.17. The quantitative estimate of drug-likeness (QED) is 0.788. The molecule has 0 N–H and O–H groups in total. The molecule has 0 amide bonds. The fourth-order valence-electron chi connectivity index (χ4n) is 2.14. The van der Waals surface area contributed by atoms with Crippen LogP contribution in [0.3, 0.4) is 0 Å². The van der Waals surface area contributed by atoms with Crippen molar-refractivity contribution < 1.29 is 4.74 Å². The minimum atomic E-state index is 0.526. The lowest BCUT2D eigenvalue weighted by molar-refractivity contribution is 0.389. The van der Waals surface area contributed by atoms with E-state index in [4.69, 9.17) is 4.74 Å². The van der Waals surface area contributed by atoms with E-state index in [1.165, 1.54) is 31.0 Å². The van der Waals surface area contributed by atoms with Crippen molar-refractivity contribution in [2.45, 2.75) is 42.5 Å². The molecule has 106 valence electrons. The van der Waals surface area contributed by atoms with Crippen LogP contribution in [0.2, 0.25) is 0 Å². The van der Waals surface area contributed by atoms with Gasteiger partial charge in [0.25, 0.3) is 0 Å². The van der Waals surface area contributed by atoms with Crippen LogP contribution in [-0.2, 0) is 13.0 Å². The van der Waals surface area contributed by atoms with E-state index >= 15 is 0 Å². The summed E-state index contributed by atoms with van der Waals surface area (Å²) >= 11 is 4.77. The maximum absolute atomic E-state index is 5.18. The van der Waals surface area contributed by atoms with Crippen molar-refractivity contribution in [1.29, 1.82) is 0 Å². The van der Waals surface area contributed by atoms with Gasteiger partial charge in [-0.25, -0.2) is 4.98 Å². The highest BCUT2D eigenvalue weighted by atomic mass is 79.9. The van der Waals surface area contributed by atoms with Crippen LogP contribution in [0.5, 0.6) is 5.88 Å². The van der Waals surface area contributed by atoms with Crippen LogP contribution in [0, 0.1) is 0 Å². The predicted molar refractivity (Wildman–Crippen MR) is 78.0 cm³/mol. The first-order chi connectivity index (χ1) is 9.78. The van der Waals surface area contributed by atoms with Crippen LogP contribution in [0.25, 0.3) is 0 Å². The number of methoxy groups -OCH3 is 1. The van der Waals surface area contributed by atoms with Gasteiger partial charge in [0.2, 0.25) is 5.88 Å². The Bertz CT molecular complexity index is 618. The van der Waals surface area contributed by atoms with Crippen molar-refractivity contribution >= 4 is 27.7 Å². The average molecular weight is 356 g/mol. The van der Waals surface area contributed by atoms with Crippen LogP contribution in [0.4, 0.5) is 0 Å². The summed E-state index contributed by atoms with van der Waals surface area (Å²) in [7, 11) is 1.59. The zero-order valence-corrected chi connectivity index (χ0v) is 13.4. The lowest BCUT2D eigenvalue weighted by Gasteiger charge is -2.06. The summed E-state index contributed by atoms with van der Waals surface area (Å²) in [5.41, 5.74) is 0. The standard InChI is InChI=1S/C12H14BrN5OS/c1-19-10-8(13)7-14-11(15-10)20-12-17-16-9-5-3-2-4-6-18(9)12/h7H,2-6H2,1H3. The molecule has 0 aliphatic carbocycles. The van der Waals surface area contributed by atoms with Gasteiger partial charge < -0.3 is 9.30 Å². The summed E-state index contributed by atoms with van der Waals surface area (Å²) in [4.78, 5) is 8.62. The van der Waals surface area contributed by atoms with Gasteiger partial charge in [-0.3, -0.25) is 0 Å². The largest absolute Gasteiger partial charge is 0.480 e. The maximum atomic E-state index is 5.18. The molecule has 0 spiro atoms. The third-order valence-electron chi connectivity index (χ3n) is 3.14. The van der Waals surface area contributed by atoms with Gasteiger partial charge >= 0.3 is 0 Å². The normalized spacial score (nSPS) is 14.7. The van der Waals surface area contributed by atoms with Crippen LogP contribution < -0.4 is 4.74 Å². The molecule has 0 fully saturated rings. The minimum Gasteiger partial charge on any atom is -0.480 e. The summed E-state index contributed by atoms with van der Waals surface area (Å²) in [6.07, 6.45) is 6.29. The molecule has 1 aliphatic rings. The third-order valence-corrected chi connectivity index (χ3v) is 4.55. The smallest absolute Gasteiger partial charge is 0.231 e. The van der Waals surface area contributed by atoms with Crippen molar-refractivity contribution in [2.75, 3.05) is 7.11 Å². The van der Waals surface area contributed by atoms with Gasteiger partial charge in [0, 0.05) is 19.2 Å². The molecular weight excluding hydrogens is 342 g/mol. The van der Waals surface area contributed by atoms with Gasteiger partial charge in [-0.2, -0.15) is 4.98 Å². The molecule has 0 radical (unpaired) electrons. The highest BCUT2D eigenvalue weighted by molar-refractivity contribution is 9.10. The van der Waals surface area contributed by atoms with Crippen LogP contribution >= 0.6 is 27.7 Å². The van der Waals surface area contributed by atoms with Crippen LogP contribution in [-0.4, -0.2) is 31.8 Å². The van der Waals surface area contributed by atoms with Gasteiger partial charge in [0.15, 0.2) is 10.3 Å². The monoisotopic (exact) mass is 355 g/mol. The molecule has 0 saturated carbocycles. The summed E-state index contributed by atoms with van der Waals surface area (Å²) < 4.78 is 8.10. The van der Waals surface area contributed by atoms with E-state index in [0.29, 0.717) is 11.0 Å². The van der Waals surface area contributed by atoms with Crippen molar-refractivity contribution in [3.05, 3.63) is 16.5 Å². The number of aromatic nitrogens is 5. The molecule has 6 nitrogen and oxygen atoms in total. The molecule has 0 aromatic carbocycles. The first-order valence-electron chi connectivity index (χ1n) is 6.44. The van der Waals surface area contributed by atoms with Gasteiger partial charge in [0.1, 0.15) is 5.82 Å². The van der Waals surface area contributed by atoms with Crippen molar-refractivity contribution in [3.8, 4) is 5.88 Å². The first kappa shape index (κ1) is 13.8. The minimum absolute atomic E-state index is 0.526. The zero-order chi connectivity index (χ0) is 13.9. The summed E-state index contributed by atoms with van der Waals surface area (Å²) in [5, 5.41) is 9.99. The fraction of sp³-hybridized carbons (Fsp3) is 0.500. The Hall–Kier alpha value is -1.15. The zero-order valence-electron chi connectivity index (χ0n) is 11.0. The van der Waals surface area contributed by atoms with E-state index in [1.54, 1.807) is 13.3 Å². The third kappa shape index (κ3) is 2.80. The SMILES string of the molecule is COc1nc(Sc2nnc3n2CCCCC3)ncc1Br. The number of ether oxygens (including phenoxy) is 1. The lowest BCUT2D eigenvalue weighted by atomic mass is 10.2. The molecule has 20 heavy (non-hydrogen) atoms. The molecular formula is C12H14BrN5OS. The molecule has 1 aliphatic heterocycles. The summed E-state index contributed by atoms with van der Waals surface area (Å²) in [6, 6.07) is 0. The van der Waals surface area contributed by atoms with Crippen LogP contribution in [0.1, 0.15) is 25.1 Å². The Labute approximate surface area is 129 Å². The lowest BCUT2D eigenvalue weighted by Crippen LogP contribution is -2.02. The van der Waals surface area contributed by atoms with E-state index in [0.717, 1.165) is 28.4 Å². The number of rotatable bonds is 3. The Balaban J connectivity index is 1.86. The Kier molecular flexibility index (Phi) is 4.21. The molecule has 3 rings (SSSR count). The average Bonchev–Trinajstić information content (AvgIpc) is 2.69. The van der Waals surface area contributed by atoms with E-state index in [-0.39, 0.29) is 0 Å². The molecule has 3 heterocycles. The first-order valence-corrected chi connectivity index (χ1v) is 8.05. The highest BCUT2D eigenvalue weighted by Crippen LogP contribution is 2.29. The molecule has 0 atom stereocenters. The van der Waals surface area contributed by atoms with Gasteiger partial charge in [-0.15, -0.1) is 10.2 Å². The van der Waals surface area contributed by atoms with E-state index in [9.17, 15) is 0 Å². The number of nitrogens with zero attached hydrogens (tertiary/aromatic N) is 5. The Morgan fingerprint density at radius 2 is 2.20 bits per heavy atom. The van der Waals surface area contributed by atoms with Crippen LogP contribution in [0.15, 0.2) is 21.0 Å². The summed E-state index contributed by atoms with van der Waals surface area (Å²) in [6.45, 7) is 0.971. The number of hydrogen-bond donors (Lipinski definition) is 0. The molecule has 0 unspecified atom stereocenters. The molecule has 0 bridgehead atoms. The molecule has 2 aromatic heterocycles. The molecule has 2 aromatic rings. The fourth-order valence-corrected chi connectivity index (χ4v) is 3.28. The van der Waals surface area contributed by atoms with E-state index < -0.39 is 0 Å². The van der Waals surface area contributed by atoms with E-state index in [1.807, 2.05) is 0 Å².